The highest BCUT2D eigenvalue weighted by Gasteiger charge is 2.13. The van der Waals surface area contributed by atoms with Crippen LogP contribution in [0.4, 0.5) is 19.6 Å². The lowest BCUT2D eigenvalue weighted by molar-refractivity contribution is 0.0998. The largest absolute Gasteiger partial charge is 0.507 e. The fourth-order valence-corrected chi connectivity index (χ4v) is 2.89. The Kier molecular flexibility index (Phi) is 4.13. The molecule has 0 aliphatic heterocycles. The molecule has 1 aromatic heterocycles. The van der Waals surface area contributed by atoms with Crippen LogP contribution in [-0.2, 0) is 0 Å². The van der Waals surface area contributed by atoms with Gasteiger partial charge >= 0.3 is 0 Å². The van der Waals surface area contributed by atoms with Crippen LogP contribution in [0, 0.1) is 11.6 Å². The minimum Gasteiger partial charge on any atom is -0.507 e. The fraction of sp³-hybridized carbons (Fsp3) is 0. The molecule has 8 heteroatoms. The van der Waals surface area contributed by atoms with Crippen LogP contribution < -0.4 is 11.1 Å². The topological polar surface area (TPSA) is 88.2 Å². The van der Waals surface area contributed by atoms with Gasteiger partial charge in [0.15, 0.2) is 5.13 Å². The number of amides is 1. The number of nitrogens with one attached hydrogen (secondary N) is 1. The van der Waals surface area contributed by atoms with E-state index in [1.165, 1.54) is 24.4 Å². The number of nitrogens with two attached hydrogens (primary N) is 1. The summed E-state index contributed by atoms with van der Waals surface area (Å²) in [5, 5.41) is 12.5. The van der Waals surface area contributed by atoms with E-state index in [0.29, 0.717) is 10.4 Å². The Hall–Kier alpha value is -3.00. The smallest absolute Gasteiger partial charge is 0.252 e. The third kappa shape index (κ3) is 3.04. The number of rotatable bonds is 4. The molecule has 0 saturated heterocycles. The Morgan fingerprint density at radius 2 is 1.92 bits per heavy atom. The number of aromatic nitrogens is 1. The van der Waals surface area contributed by atoms with Crippen molar-refractivity contribution in [1.82, 2.24) is 4.98 Å². The fourth-order valence-electron chi connectivity index (χ4n) is 2.08. The number of primary amides is 1. The highest BCUT2D eigenvalue weighted by atomic mass is 32.1. The van der Waals surface area contributed by atoms with Crippen LogP contribution in [0.25, 0.3) is 10.4 Å². The molecule has 1 heterocycles. The first kappa shape index (κ1) is 15.9. The molecule has 24 heavy (non-hydrogen) atoms. The van der Waals surface area contributed by atoms with Gasteiger partial charge in [-0.15, -0.1) is 0 Å². The van der Waals surface area contributed by atoms with Gasteiger partial charge in [-0.1, -0.05) is 17.4 Å². The SMILES string of the molecule is NC(=O)c1cc(-c2cnc(Nc3c(F)cccc3F)s2)ccc1O. The Morgan fingerprint density at radius 3 is 2.58 bits per heavy atom. The number of phenols is 1. The van der Waals surface area contributed by atoms with Gasteiger partial charge < -0.3 is 16.2 Å². The summed E-state index contributed by atoms with van der Waals surface area (Å²) in [5.41, 5.74) is 5.49. The van der Waals surface area contributed by atoms with Crippen LogP contribution >= 0.6 is 11.3 Å². The van der Waals surface area contributed by atoms with Crippen molar-refractivity contribution < 1.29 is 18.7 Å². The number of hydrogen-bond donors (Lipinski definition) is 3. The van der Waals surface area contributed by atoms with Crippen molar-refractivity contribution >= 4 is 28.1 Å². The number of para-hydroxylation sites is 1. The molecular formula is C16H11F2N3O2S. The minimum atomic E-state index is -0.759. The van der Waals surface area contributed by atoms with Gasteiger partial charge in [-0.05, 0) is 35.9 Å². The van der Waals surface area contributed by atoms with Crippen LogP contribution in [-0.4, -0.2) is 16.0 Å². The molecule has 2 aromatic carbocycles. The average molecular weight is 347 g/mol. The first-order chi connectivity index (χ1) is 11.5. The van der Waals surface area contributed by atoms with E-state index in [1.807, 2.05) is 0 Å². The summed E-state index contributed by atoms with van der Waals surface area (Å²) in [5.74, 6) is -2.44. The van der Waals surface area contributed by atoms with Crippen LogP contribution in [0.3, 0.4) is 0 Å². The maximum absolute atomic E-state index is 13.6. The van der Waals surface area contributed by atoms with Gasteiger partial charge in [0.2, 0.25) is 0 Å². The molecule has 0 atom stereocenters. The van der Waals surface area contributed by atoms with Crippen molar-refractivity contribution in [3.05, 3.63) is 59.8 Å². The molecule has 0 bridgehead atoms. The highest BCUT2D eigenvalue weighted by Crippen LogP contribution is 2.33. The van der Waals surface area contributed by atoms with Crippen LogP contribution in [0.1, 0.15) is 10.4 Å². The van der Waals surface area contributed by atoms with Crippen molar-refractivity contribution in [2.75, 3.05) is 5.32 Å². The summed E-state index contributed by atoms with van der Waals surface area (Å²) in [4.78, 5) is 16.0. The van der Waals surface area contributed by atoms with Crippen molar-refractivity contribution in [1.29, 1.82) is 0 Å². The summed E-state index contributed by atoms with van der Waals surface area (Å²) in [6.07, 6.45) is 1.49. The number of hydrogen-bond acceptors (Lipinski definition) is 5. The number of anilines is 2. The molecular weight excluding hydrogens is 336 g/mol. The molecule has 0 spiro atoms. The second kappa shape index (κ2) is 6.25. The summed E-state index contributed by atoms with van der Waals surface area (Å²) in [6.45, 7) is 0. The predicted octanol–water partition coefficient (Wildman–Crippen LogP) is 3.64. The summed E-state index contributed by atoms with van der Waals surface area (Å²) < 4.78 is 27.3. The van der Waals surface area contributed by atoms with Gasteiger partial charge in [0.25, 0.3) is 5.91 Å². The highest BCUT2D eigenvalue weighted by molar-refractivity contribution is 7.18. The first-order valence-corrected chi connectivity index (χ1v) is 7.57. The predicted molar refractivity (Wildman–Crippen MR) is 87.4 cm³/mol. The van der Waals surface area contributed by atoms with Crippen molar-refractivity contribution in [2.24, 2.45) is 5.73 Å². The number of aromatic hydroxyl groups is 1. The molecule has 122 valence electrons. The zero-order valence-electron chi connectivity index (χ0n) is 12.1. The summed E-state index contributed by atoms with van der Waals surface area (Å²) in [7, 11) is 0. The Balaban J connectivity index is 1.91. The molecule has 0 saturated carbocycles. The van der Waals surface area contributed by atoms with E-state index in [-0.39, 0.29) is 22.1 Å². The monoisotopic (exact) mass is 347 g/mol. The van der Waals surface area contributed by atoms with Gasteiger partial charge in [0.1, 0.15) is 23.1 Å². The van der Waals surface area contributed by atoms with E-state index in [9.17, 15) is 18.7 Å². The van der Waals surface area contributed by atoms with Gasteiger partial charge in [0, 0.05) is 6.20 Å². The maximum atomic E-state index is 13.6. The van der Waals surface area contributed by atoms with Crippen molar-refractivity contribution in [3.63, 3.8) is 0 Å². The molecule has 1 amide bonds. The van der Waals surface area contributed by atoms with Crippen molar-refractivity contribution in [3.8, 4) is 16.2 Å². The maximum Gasteiger partial charge on any atom is 0.252 e. The molecule has 3 aromatic rings. The van der Waals surface area contributed by atoms with Crippen LogP contribution in [0.2, 0.25) is 0 Å². The molecule has 0 radical (unpaired) electrons. The molecule has 0 unspecified atom stereocenters. The van der Waals surface area contributed by atoms with E-state index in [1.54, 1.807) is 6.07 Å². The molecule has 0 aliphatic carbocycles. The van der Waals surface area contributed by atoms with Crippen LogP contribution in [0.15, 0.2) is 42.6 Å². The third-order valence-electron chi connectivity index (χ3n) is 3.25. The number of carbonyl (C=O) groups is 1. The van der Waals surface area contributed by atoms with Gasteiger partial charge in [0.05, 0.1) is 10.4 Å². The lowest BCUT2D eigenvalue weighted by Gasteiger charge is -2.05. The zero-order chi connectivity index (χ0) is 17.3. The van der Waals surface area contributed by atoms with E-state index < -0.39 is 17.5 Å². The lowest BCUT2D eigenvalue weighted by atomic mass is 10.1. The van der Waals surface area contributed by atoms with Gasteiger partial charge in [-0.2, -0.15) is 0 Å². The summed E-state index contributed by atoms with van der Waals surface area (Å²) in [6, 6.07) is 7.91. The van der Waals surface area contributed by atoms with E-state index >= 15 is 0 Å². The number of thiazole rings is 1. The Bertz CT molecular complexity index is 907. The number of carbonyl (C=O) groups excluding carboxylic acids is 1. The molecule has 3 rings (SSSR count). The zero-order valence-corrected chi connectivity index (χ0v) is 12.9. The normalized spacial score (nSPS) is 10.6. The van der Waals surface area contributed by atoms with Gasteiger partial charge in [-0.25, -0.2) is 13.8 Å². The molecule has 0 fully saturated rings. The average Bonchev–Trinajstić information content (AvgIpc) is 3.00. The third-order valence-corrected chi connectivity index (χ3v) is 4.21. The number of nitrogens with zero attached hydrogens (tertiary/aromatic N) is 1. The van der Waals surface area contributed by atoms with Crippen molar-refractivity contribution in [2.45, 2.75) is 0 Å². The Labute approximate surface area is 139 Å². The quantitative estimate of drug-likeness (QED) is 0.672. The van der Waals surface area contributed by atoms with E-state index in [0.717, 1.165) is 23.5 Å². The second-order valence-electron chi connectivity index (χ2n) is 4.85. The van der Waals surface area contributed by atoms with Gasteiger partial charge in [-0.3, -0.25) is 4.79 Å². The standard InChI is InChI=1S/C16H11F2N3O2S/c17-10-2-1-3-11(18)14(10)21-16-20-7-13(24-16)8-4-5-12(22)9(6-8)15(19)23/h1-7,22H,(H2,19,23)(H,20,21). The number of halogens is 2. The molecule has 0 aliphatic rings. The Morgan fingerprint density at radius 1 is 1.21 bits per heavy atom. The lowest BCUT2D eigenvalue weighted by Crippen LogP contribution is -2.11. The second-order valence-corrected chi connectivity index (χ2v) is 5.88. The first-order valence-electron chi connectivity index (χ1n) is 6.76. The van der Waals surface area contributed by atoms with Crippen LogP contribution in [0.5, 0.6) is 5.75 Å². The van der Waals surface area contributed by atoms with E-state index in [2.05, 4.69) is 10.3 Å². The van der Waals surface area contributed by atoms with E-state index in [4.69, 9.17) is 5.73 Å². The number of benzene rings is 2. The molecule has 5 nitrogen and oxygen atoms in total. The molecule has 4 N–H and O–H groups in total. The minimum absolute atomic E-state index is 0.0180. The summed E-state index contributed by atoms with van der Waals surface area (Å²) >= 11 is 1.14.